The molecule has 3 amide bonds. The zero-order chi connectivity index (χ0) is 19.2. The van der Waals surface area contributed by atoms with Crippen LogP contribution >= 0.6 is 0 Å². The van der Waals surface area contributed by atoms with Gasteiger partial charge in [0.25, 0.3) is 5.91 Å². The summed E-state index contributed by atoms with van der Waals surface area (Å²) in [4.78, 5) is 37.5. The molecule has 0 unspecified atom stereocenters. The molecule has 2 aliphatic rings. The molecule has 8 nitrogen and oxygen atoms in total. The lowest BCUT2D eigenvalue weighted by molar-refractivity contribution is -0.142. The lowest BCUT2D eigenvalue weighted by Crippen LogP contribution is -2.41. The highest BCUT2D eigenvalue weighted by atomic mass is 16.5. The molecular formula is C19H25N3O5. The Labute approximate surface area is 157 Å². The molecule has 0 radical (unpaired) electrons. The van der Waals surface area contributed by atoms with Gasteiger partial charge < -0.3 is 25.4 Å². The quantitative estimate of drug-likeness (QED) is 0.745. The maximum atomic E-state index is 12.5. The van der Waals surface area contributed by atoms with E-state index in [4.69, 9.17) is 9.84 Å². The first-order valence-electron chi connectivity index (χ1n) is 9.30. The van der Waals surface area contributed by atoms with Crippen molar-refractivity contribution in [2.75, 3.05) is 31.6 Å². The van der Waals surface area contributed by atoms with Crippen molar-refractivity contribution in [3.63, 3.8) is 0 Å². The molecule has 3 N–H and O–H groups in total. The molecule has 27 heavy (non-hydrogen) atoms. The third-order valence-corrected chi connectivity index (χ3v) is 5.08. The van der Waals surface area contributed by atoms with Crippen molar-refractivity contribution in [2.45, 2.75) is 31.7 Å². The Hall–Kier alpha value is -2.61. The molecule has 0 aromatic heterocycles. The number of carboxylic acids is 1. The van der Waals surface area contributed by atoms with Crippen molar-refractivity contribution in [3.8, 4) is 0 Å². The Morgan fingerprint density at radius 1 is 1.07 bits per heavy atom. The molecule has 8 heteroatoms. The van der Waals surface area contributed by atoms with Gasteiger partial charge in [-0.1, -0.05) is 6.07 Å². The number of hydrogen-bond donors (Lipinski definition) is 3. The predicted molar refractivity (Wildman–Crippen MR) is 98.7 cm³/mol. The van der Waals surface area contributed by atoms with Gasteiger partial charge in [0.15, 0.2) is 0 Å². The normalized spacial score (nSPS) is 22.7. The number of aliphatic carboxylic acids is 1. The maximum absolute atomic E-state index is 12.5. The van der Waals surface area contributed by atoms with Crippen LogP contribution < -0.4 is 10.6 Å². The molecule has 0 bridgehead atoms. The van der Waals surface area contributed by atoms with Gasteiger partial charge in [0.2, 0.25) is 0 Å². The van der Waals surface area contributed by atoms with Gasteiger partial charge in [0, 0.05) is 30.4 Å². The number of carbonyl (C=O) groups is 3. The molecule has 3 rings (SSSR count). The highest BCUT2D eigenvalue weighted by Crippen LogP contribution is 2.24. The van der Waals surface area contributed by atoms with Crippen LogP contribution in [0, 0.1) is 5.92 Å². The molecule has 146 valence electrons. The molecule has 1 saturated carbocycles. The Bertz CT molecular complexity index is 694. The number of carbonyl (C=O) groups excluding carboxylic acids is 2. The second-order valence-corrected chi connectivity index (χ2v) is 6.97. The standard InChI is InChI=1S/C19H25N3O5/c23-17(22-8-10-27-11-9-22)14-2-1-3-16(12-14)21-19(26)20-15-6-4-13(5-7-15)18(24)25/h1-3,12-13,15H,4-11H2,(H,24,25)(H2,20,21,26). The van der Waals surface area contributed by atoms with Crippen LogP contribution in [0.5, 0.6) is 0 Å². The van der Waals surface area contributed by atoms with Gasteiger partial charge in [-0.2, -0.15) is 0 Å². The van der Waals surface area contributed by atoms with Crippen LogP contribution in [0.25, 0.3) is 0 Å². The summed E-state index contributed by atoms with van der Waals surface area (Å²) in [6.45, 7) is 2.21. The van der Waals surface area contributed by atoms with Gasteiger partial charge in [-0.15, -0.1) is 0 Å². The van der Waals surface area contributed by atoms with Gasteiger partial charge >= 0.3 is 12.0 Å². The summed E-state index contributed by atoms with van der Waals surface area (Å²) >= 11 is 0. The van der Waals surface area contributed by atoms with Gasteiger partial charge in [-0.3, -0.25) is 9.59 Å². The third-order valence-electron chi connectivity index (χ3n) is 5.08. The van der Waals surface area contributed by atoms with E-state index in [2.05, 4.69) is 10.6 Å². The number of nitrogens with zero attached hydrogens (tertiary/aromatic N) is 1. The molecule has 0 atom stereocenters. The predicted octanol–water partition coefficient (Wildman–Crippen LogP) is 1.92. The Morgan fingerprint density at radius 2 is 1.78 bits per heavy atom. The summed E-state index contributed by atoms with van der Waals surface area (Å²) in [5.74, 6) is -1.15. The Morgan fingerprint density at radius 3 is 2.44 bits per heavy atom. The summed E-state index contributed by atoms with van der Waals surface area (Å²) in [5, 5.41) is 14.7. The fraction of sp³-hybridized carbons (Fsp3) is 0.526. The summed E-state index contributed by atoms with van der Waals surface area (Å²) in [5.41, 5.74) is 1.07. The summed E-state index contributed by atoms with van der Waals surface area (Å²) in [6, 6.07) is 6.49. The first-order valence-corrected chi connectivity index (χ1v) is 9.30. The number of amides is 3. The van der Waals surface area contributed by atoms with E-state index in [1.54, 1.807) is 29.2 Å². The van der Waals surface area contributed by atoms with Crippen LogP contribution in [0.3, 0.4) is 0 Å². The van der Waals surface area contributed by atoms with E-state index < -0.39 is 5.97 Å². The fourth-order valence-corrected chi connectivity index (χ4v) is 3.52. The van der Waals surface area contributed by atoms with E-state index in [0.717, 1.165) is 0 Å². The fourth-order valence-electron chi connectivity index (χ4n) is 3.52. The molecule has 1 saturated heterocycles. The SMILES string of the molecule is O=C(Nc1cccc(C(=O)N2CCOCC2)c1)NC1CCC(C(=O)O)CC1. The van der Waals surface area contributed by atoms with Crippen LogP contribution in [0.4, 0.5) is 10.5 Å². The van der Waals surface area contributed by atoms with Crippen molar-refractivity contribution in [2.24, 2.45) is 5.92 Å². The molecule has 1 heterocycles. The lowest BCUT2D eigenvalue weighted by atomic mass is 9.86. The van der Waals surface area contributed by atoms with Crippen molar-refractivity contribution in [1.82, 2.24) is 10.2 Å². The van der Waals surface area contributed by atoms with Crippen molar-refractivity contribution in [1.29, 1.82) is 0 Å². The number of ether oxygens (including phenoxy) is 1. The van der Waals surface area contributed by atoms with E-state index in [9.17, 15) is 14.4 Å². The number of carboxylic acid groups (broad SMARTS) is 1. The number of hydrogen-bond acceptors (Lipinski definition) is 4. The topological polar surface area (TPSA) is 108 Å². The Kier molecular flexibility index (Phi) is 6.28. The van der Waals surface area contributed by atoms with Crippen LogP contribution in [-0.4, -0.2) is 60.3 Å². The van der Waals surface area contributed by atoms with E-state index in [-0.39, 0.29) is 23.9 Å². The molecule has 1 aromatic carbocycles. The average molecular weight is 375 g/mol. The first kappa shape index (κ1) is 19.2. The highest BCUT2D eigenvalue weighted by molar-refractivity contribution is 5.97. The smallest absolute Gasteiger partial charge is 0.319 e. The van der Waals surface area contributed by atoms with Crippen LogP contribution in [-0.2, 0) is 9.53 Å². The van der Waals surface area contributed by atoms with E-state index in [1.165, 1.54) is 0 Å². The highest BCUT2D eigenvalue weighted by Gasteiger charge is 2.26. The zero-order valence-electron chi connectivity index (χ0n) is 15.1. The minimum atomic E-state index is -0.764. The first-order chi connectivity index (χ1) is 13.0. The lowest BCUT2D eigenvalue weighted by Gasteiger charge is -2.27. The maximum Gasteiger partial charge on any atom is 0.319 e. The van der Waals surface area contributed by atoms with Gasteiger partial charge in [0.1, 0.15) is 0 Å². The molecular weight excluding hydrogens is 350 g/mol. The largest absolute Gasteiger partial charge is 0.481 e. The second kappa shape index (κ2) is 8.85. The monoisotopic (exact) mass is 375 g/mol. The van der Waals surface area contributed by atoms with Crippen molar-refractivity contribution >= 4 is 23.6 Å². The third kappa shape index (κ3) is 5.19. The minimum absolute atomic E-state index is 0.0289. The van der Waals surface area contributed by atoms with E-state index in [0.29, 0.717) is 63.2 Å². The number of rotatable bonds is 4. The zero-order valence-corrected chi connectivity index (χ0v) is 15.1. The van der Waals surface area contributed by atoms with Crippen LogP contribution in [0.2, 0.25) is 0 Å². The van der Waals surface area contributed by atoms with Gasteiger partial charge in [-0.25, -0.2) is 4.79 Å². The van der Waals surface area contributed by atoms with E-state index in [1.807, 2.05) is 0 Å². The van der Waals surface area contributed by atoms with Crippen LogP contribution in [0.15, 0.2) is 24.3 Å². The van der Waals surface area contributed by atoms with E-state index >= 15 is 0 Å². The number of anilines is 1. The minimum Gasteiger partial charge on any atom is -0.481 e. The number of urea groups is 1. The summed E-state index contributed by atoms with van der Waals surface area (Å²) in [7, 11) is 0. The molecule has 0 spiro atoms. The average Bonchev–Trinajstić information content (AvgIpc) is 2.68. The molecule has 1 aliphatic heterocycles. The van der Waals surface area contributed by atoms with Crippen molar-refractivity contribution in [3.05, 3.63) is 29.8 Å². The van der Waals surface area contributed by atoms with Crippen LogP contribution in [0.1, 0.15) is 36.0 Å². The molecule has 1 aliphatic carbocycles. The Balaban J connectivity index is 1.52. The summed E-state index contributed by atoms with van der Waals surface area (Å²) < 4.78 is 5.26. The van der Waals surface area contributed by atoms with Gasteiger partial charge in [-0.05, 0) is 43.9 Å². The molecule has 1 aromatic rings. The number of nitrogens with one attached hydrogen (secondary N) is 2. The van der Waals surface area contributed by atoms with Gasteiger partial charge in [0.05, 0.1) is 19.1 Å². The summed E-state index contributed by atoms with van der Waals surface area (Å²) in [6.07, 6.45) is 2.45. The molecule has 2 fully saturated rings. The number of benzene rings is 1. The second-order valence-electron chi connectivity index (χ2n) is 6.97. The number of morpholine rings is 1. The van der Waals surface area contributed by atoms with Crippen molar-refractivity contribution < 1.29 is 24.2 Å².